The molecule has 1 rings (SSSR count). The Labute approximate surface area is 95.8 Å². The topological polar surface area (TPSA) is 49.3 Å². The standard InChI is InChI=1S/C13H17NO2/c1-10(8-11(2)16)14-13(9-15)12-6-4-3-5-7-12/h3-8,13-15H,9H2,1-2H3/b10-8+/t13-/m1/s1. The summed E-state index contributed by atoms with van der Waals surface area (Å²) in [5.74, 6) is -0.00486. The van der Waals surface area contributed by atoms with Crippen molar-refractivity contribution < 1.29 is 9.90 Å². The molecule has 0 aliphatic heterocycles. The molecule has 0 aliphatic carbocycles. The van der Waals surface area contributed by atoms with Crippen molar-refractivity contribution in [2.75, 3.05) is 6.61 Å². The lowest BCUT2D eigenvalue weighted by Crippen LogP contribution is -2.23. The van der Waals surface area contributed by atoms with E-state index < -0.39 is 0 Å². The summed E-state index contributed by atoms with van der Waals surface area (Å²) >= 11 is 0. The number of hydrogen-bond donors (Lipinski definition) is 2. The van der Waals surface area contributed by atoms with Crippen LogP contribution < -0.4 is 5.32 Å². The van der Waals surface area contributed by atoms with Crippen LogP contribution in [0.15, 0.2) is 42.1 Å². The molecule has 0 unspecified atom stereocenters. The molecule has 0 radical (unpaired) electrons. The normalized spacial score (nSPS) is 13.3. The zero-order chi connectivity index (χ0) is 12.0. The number of carbonyl (C=O) groups is 1. The van der Waals surface area contributed by atoms with Crippen molar-refractivity contribution in [2.45, 2.75) is 19.9 Å². The number of aliphatic hydroxyl groups excluding tert-OH is 1. The summed E-state index contributed by atoms with van der Waals surface area (Å²) in [5.41, 5.74) is 1.76. The van der Waals surface area contributed by atoms with E-state index >= 15 is 0 Å². The van der Waals surface area contributed by atoms with E-state index in [1.165, 1.54) is 13.0 Å². The van der Waals surface area contributed by atoms with Crippen molar-refractivity contribution in [1.29, 1.82) is 0 Å². The molecule has 2 N–H and O–H groups in total. The van der Waals surface area contributed by atoms with E-state index in [1.54, 1.807) is 0 Å². The number of hydrogen-bond acceptors (Lipinski definition) is 3. The molecule has 86 valence electrons. The molecule has 0 aromatic heterocycles. The highest BCUT2D eigenvalue weighted by Crippen LogP contribution is 2.13. The highest BCUT2D eigenvalue weighted by molar-refractivity contribution is 5.87. The third-order valence-electron chi connectivity index (χ3n) is 2.21. The van der Waals surface area contributed by atoms with Crippen LogP contribution in [0.2, 0.25) is 0 Å². The summed E-state index contributed by atoms with van der Waals surface area (Å²) in [7, 11) is 0. The molecule has 3 nitrogen and oxygen atoms in total. The van der Waals surface area contributed by atoms with Crippen molar-refractivity contribution in [3.05, 3.63) is 47.7 Å². The third kappa shape index (κ3) is 3.87. The Balaban J connectivity index is 2.74. The summed E-state index contributed by atoms with van der Waals surface area (Å²) < 4.78 is 0. The molecule has 0 heterocycles. The molecule has 0 bridgehead atoms. The lowest BCUT2D eigenvalue weighted by atomic mass is 10.1. The Morgan fingerprint density at radius 1 is 1.38 bits per heavy atom. The fraction of sp³-hybridized carbons (Fsp3) is 0.308. The molecule has 3 heteroatoms. The van der Waals surface area contributed by atoms with Gasteiger partial charge in [-0.2, -0.15) is 0 Å². The van der Waals surface area contributed by atoms with Crippen molar-refractivity contribution >= 4 is 5.78 Å². The molecule has 16 heavy (non-hydrogen) atoms. The van der Waals surface area contributed by atoms with Crippen LogP contribution in [0, 0.1) is 0 Å². The van der Waals surface area contributed by atoms with Crippen LogP contribution in [0.3, 0.4) is 0 Å². The molecular weight excluding hydrogens is 202 g/mol. The summed E-state index contributed by atoms with van der Waals surface area (Å²) in [4.78, 5) is 10.9. The van der Waals surface area contributed by atoms with E-state index in [9.17, 15) is 9.90 Å². The monoisotopic (exact) mass is 219 g/mol. The van der Waals surface area contributed by atoms with Gasteiger partial charge in [0.25, 0.3) is 0 Å². The first-order valence-corrected chi connectivity index (χ1v) is 5.24. The molecule has 1 aromatic rings. The Morgan fingerprint density at radius 2 is 2.00 bits per heavy atom. The van der Waals surface area contributed by atoms with Crippen LogP contribution in [0.1, 0.15) is 25.5 Å². The predicted octanol–water partition coefficient (Wildman–Crippen LogP) is 1.80. The number of allylic oxidation sites excluding steroid dienone is 2. The fourth-order valence-corrected chi connectivity index (χ4v) is 1.54. The molecule has 0 amide bonds. The first kappa shape index (κ1) is 12.5. The van der Waals surface area contributed by atoms with Crippen LogP contribution in [0.4, 0.5) is 0 Å². The van der Waals surface area contributed by atoms with Crippen LogP contribution in [0.5, 0.6) is 0 Å². The molecular formula is C13H17NO2. The predicted molar refractivity (Wildman–Crippen MR) is 63.8 cm³/mol. The van der Waals surface area contributed by atoms with Gasteiger partial charge in [-0.05, 0) is 25.5 Å². The number of aliphatic hydroxyl groups is 1. The zero-order valence-electron chi connectivity index (χ0n) is 9.60. The van der Waals surface area contributed by atoms with Crippen molar-refractivity contribution in [3.63, 3.8) is 0 Å². The van der Waals surface area contributed by atoms with Gasteiger partial charge < -0.3 is 10.4 Å². The van der Waals surface area contributed by atoms with Gasteiger partial charge in [-0.1, -0.05) is 30.3 Å². The summed E-state index contributed by atoms with van der Waals surface area (Å²) in [5, 5.41) is 12.4. The minimum absolute atomic E-state index is 0.00486. The Bertz CT molecular complexity index is 371. The number of benzene rings is 1. The zero-order valence-corrected chi connectivity index (χ0v) is 9.60. The van der Waals surface area contributed by atoms with E-state index in [0.29, 0.717) is 0 Å². The van der Waals surface area contributed by atoms with E-state index in [2.05, 4.69) is 5.32 Å². The van der Waals surface area contributed by atoms with E-state index in [4.69, 9.17) is 0 Å². The highest BCUT2D eigenvalue weighted by Gasteiger charge is 2.08. The maximum absolute atomic E-state index is 10.9. The Morgan fingerprint density at radius 3 is 2.50 bits per heavy atom. The van der Waals surface area contributed by atoms with Gasteiger partial charge in [-0.15, -0.1) is 0 Å². The van der Waals surface area contributed by atoms with Gasteiger partial charge in [0.15, 0.2) is 5.78 Å². The lowest BCUT2D eigenvalue weighted by molar-refractivity contribution is -0.112. The largest absolute Gasteiger partial charge is 0.394 e. The molecule has 1 atom stereocenters. The molecule has 0 spiro atoms. The summed E-state index contributed by atoms with van der Waals surface area (Å²) in [6, 6.07) is 9.48. The van der Waals surface area contributed by atoms with Gasteiger partial charge in [0.05, 0.1) is 12.6 Å². The van der Waals surface area contributed by atoms with Crippen LogP contribution >= 0.6 is 0 Å². The van der Waals surface area contributed by atoms with Crippen molar-refractivity contribution in [1.82, 2.24) is 5.32 Å². The number of nitrogens with one attached hydrogen (secondary N) is 1. The number of rotatable bonds is 5. The van der Waals surface area contributed by atoms with Gasteiger partial charge >= 0.3 is 0 Å². The van der Waals surface area contributed by atoms with Gasteiger partial charge in [-0.25, -0.2) is 0 Å². The molecule has 1 aromatic carbocycles. The lowest BCUT2D eigenvalue weighted by Gasteiger charge is -2.18. The average molecular weight is 219 g/mol. The molecule has 0 saturated heterocycles. The first-order valence-electron chi connectivity index (χ1n) is 5.24. The SMILES string of the molecule is CC(=O)/C=C(\C)N[C@H](CO)c1ccccc1. The maximum atomic E-state index is 10.9. The van der Waals surface area contributed by atoms with Gasteiger partial charge in [0.1, 0.15) is 0 Å². The molecule has 0 fully saturated rings. The third-order valence-corrected chi connectivity index (χ3v) is 2.21. The summed E-state index contributed by atoms with van der Waals surface area (Å²) in [6.07, 6.45) is 1.52. The fourth-order valence-electron chi connectivity index (χ4n) is 1.54. The average Bonchev–Trinajstić information content (AvgIpc) is 2.26. The molecule has 0 saturated carbocycles. The second kappa shape index (κ2) is 6.08. The van der Waals surface area contributed by atoms with E-state index in [1.807, 2.05) is 37.3 Å². The second-order valence-corrected chi connectivity index (χ2v) is 3.73. The minimum Gasteiger partial charge on any atom is -0.394 e. The van der Waals surface area contributed by atoms with Crippen LogP contribution in [-0.2, 0) is 4.79 Å². The smallest absolute Gasteiger partial charge is 0.154 e. The Kier molecular flexibility index (Phi) is 4.73. The minimum atomic E-state index is -0.170. The Hall–Kier alpha value is -1.61. The molecule has 0 aliphatic rings. The van der Waals surface area contributed by atoms with Crippen LogP contribution in [-0.4, -0.2) is 17.5 Å². The van der Waals surface area contributed by atoms with Crippen molar-refractivity contribution in [3.8, 4) is 0 Å². The van der Waals surface area contributed by atoms with E-state index in [-0.39, 0.29) is 18.4 Å². The van der Waals surface area contributed by atoms with E-state index in [0.717, 1.165) is 11.3 Å². The first-order chi connectivity index (χ1) is 7.63. The summed E-state index contributed by atoms with van der Waals surface area (Å²) in [6.45, 7) is 3.31. The van der Waals surface area contributed by atoms with Gasteiger partial charge in [0.2, 0.25) is 0 Å². The quantitative estimate of drug-likeness (QED) is 0.742. The van der Waals surface area contributed by atoms with Gasteiger partial charge in [-0.3, -0.25) is 4.79 Å². The number of ketones is 1. The maximum Gasteiger partial charge on any atom is 0.154 e. The second-order valence-electron chi connectivity index (χ2n) is 3.73. The van der Waals surface area contributed by atoms with Crippen LogP contribution in [0.25, 0.3) is 0 Å². The van der Waals surface area contributed by atoms with Crippen molar-refractivity contribution in [2.24, 2.45) is 0 Å². The highest BCUT2D eigenvalue weighted by atomic mass is 16.3. The van der Waals surface area contributed by atoms with Gasteiger partial charge in [0, 0.05) is 5.70 Å². The number of carbonyl (C=O) groups excluding carboxylic acids is 1.